The molecule has 0 saturated carbocycles. The predicted octanol–water partition coefficient (Wildman–Crippen LogP) is 4.09. The maximum atomic E-state index is 12.2. The Morgan fingerprint density at radius 3 is 2.74 bits per heavy atom. The average molecular weight is 368 g/mol. The summed E-state index contributed by atoms with van der Waals surface area (Å²) < 4.78 is 3.16. The fourth-order valence-electron chi connectivity index (χ4n) is 2.13. The van der Waals surface area contributed by atoms with Gasteiger partial charge in [0.05, 0.1) is 24.4 Å². The lowest BCUT2D eigenvalue weighted by molar-refractivity contribution is -0.384. The van der Waals surface area contributed by atoms with E-state index in [1.54, 1.807) is 22.8 Å². The van der Waals surface area contributed by atoms with E-state index in [1.807, 2.05) is 6.92 Å². The van der Waals surface area contributed by atoms with Crippen molar-refractivity contribution in [2.45, 2.75) is 13.5 Å². The van der Waals surface area contributed by atoms with Gasteiger partial charge in [0.2, 0.25) is 0 Å². The van der Waals surface area contributed by atoms with E-state index in [2.05, 4.69) is 4.99 Å². The number of nitro benzene ring substituents is 1. The van der Waals surface area contributed by atoms with Gasteiger partial charge < -0.3 is 4.57 Å². The van der Waals surface area contributed by atoms with Gasteiger partial charge in [-0.3, -0.25) is 14.9 Å². The van der Waals surface area contributed by atoms with Crippen LogP contribution in [0, 0.1) is 10.1 Å². The zero-order valence-electron chi connectivity index (χ0n) is 11.9. The van der Waals surface area contributed by atoms with Crippen molar-refractivity contribution in [1.29, 1.82) is 0 Å². The minimum Gasteiger partial charge on any atom is -0.316 e. The second-order valence-electron chi connectivity index (χ2n) is 4.56. The van der Waals surface area contributed by atoms with Gasteiger partial charge in [0.25, 0.3) is 11.6 Å². The first kappa shape index (κ1) is 15.9. The van der Waals surface area contributed by atoms with E-state index in [9.17, 15) is 14.9 Å². The smallest absolute Gasteiger partial charge is 0.289 e. The number of amides is 1. The normalized spacial score (nSPS) is 12.0. The molecule has 0 saturated heterocycles. The topological polar surface area (TPSA) is 77.5 Å². The number of benzene rings is 1. The largest absolute Gasteiger partial charge is 0.316 e. The van der Waals surface area contributed by atoms with Gasteiger partial charge in [-0.1, -0.05) is 22.9 Å². The fourth-order valence-corrected chi connectivity index (χ4v) is 4.13. The Hall–Kier alpha value is -2.03. The molecule has 0 fully saturated rings. The van der Waals surface area contributed by atoms with Crippen molar-refractivity contribution < 1.29 is 9.72 Å². The molecule has 2 heterocycles. The van der Waals surface area contributed by atoms with Gasteiger partial charge in [-0.15, -0.1) is 11.3 Å². The number of hydrogen-bond acceptors (Lipinski definition) is 5. The molecule has 118 valence electrons. The molecule has 0 radical (unpaired) electrons. The van der Waals surface area contributed by atoms with E-state index < -0.39 is 4.92 Å². The first-order chi connectivity index (χ1) is 11.0. The van der Waals surface area contributed by atoms with Crippen molar-refractivity contribution in [3.05, 3.63) is 54.5 Å². The number of aromatic nitrogens is 1. The molecule has 0 atom stereocenters. The van der Waals surface area contributed by atoms with Crippen LogP contribution in [-0.4, -0.2) is 15.4 Å². The van der Waals surface area contributed by atoms with Crippen molar-refractivity contribution in [3.8, 4) is 0 Å². The van der Waals surface area contributed by atoms with Gasteiger partial charge in [-0.05, 0) is 25.1 Å². The van der Waals surface area contributed by atoms with Crippen LogP contribution in [0.4, 0.5) is 5.69 Å². The Morgan fingerprint density at radius 2 is 2.13 bits per heavy atom. The molecular formula is C14H10ClN3O3S2. The number of halogens is 1. The quantitative estimate of drug-likeness (QED) is 0.516. The summed E-state index contributed by atoms with van der Waals surface area (Å²) in [5, 5.41) is 10.9. The lowest BCUT2D eigenvalue weighted by Crippen LogP contribution is -2.15. The fraction of sp³-hybridized carbons (Fsp3) is 0.143. The molecular weight excluding hydrogens is 358 g/mol. The maximum Gasteiger partial charge on any atom is 0.289 e. The van der Waals surface area contributed by atoms with Crippen molar-refractivity contribution in [2.24, 2.45) is 4.99 Å². The van der Waals surface area contributed by atoms with E-state index in [1.165, 1.54) is 34.8 Å². The van der Waals surface area contributed by atoms with Gasteiger partial charge in [-0.25, -0.2) is 0 Å². The first-order valence-electron chi connectivity index (χ1n) is 6.61. The van der Waals surface area contributed by atoms with Crippen molar-refractivity contribution >= 4 is 56.1 Å². The van der Waals surface area contributed by atoms with E-state index in [-0.39, 0.29) is 11.6 Å². The Bertz CT molecular complexity index is 987. The highest BCUT2D eigenvalue weighted by Gasteiger charge is 2.13. The molecule has 0 aliphatic rings. The number of rotatable bonds is 3. The number of aryl methyl sites for hydroxylation is 1. The molecule has 3 aromatic rings. The van der Waals surface area contributed by atoms with Crippen LogP contribution < -0.4 is 4.80 Å². The van der Waals surface area contributed by atoms with Crippen LogP contribution in [0.3, 0.4) is 0 Å². The standard InChI is InChI=1S/C14H10ClN3O3S2/c1-2-17-9-7-8(18(20)21)3-4-10(9)23-14(17)16-13(19)11-5-6-12(15)22-11/h3-7H,2H2,1H3. The number of thiophene rings is 1. The van der Waals surface area contributed by atoms with Gasteiger partial charge in [0, 0.05) is 18.7 Å². The van der Waals surface area contributed by atoms with E-state index in [0.29, 0.717) is 26.1 Å². The number of carbonyl (C=O) groups excluding carboxylic acids is 1. The molecule has 0 unspecified atom stereocenters. The van der Waals surface area contributed by atoms with Crippen molar-refractivity contribution in [1.82, 2.24) is 4.57 Å². The minimum atomic E-state index is -0.438. The summed E-state index contributed by atoms with van der Waals surface area (Å²) in [7, 11) is 0. The highest BCUT2D eigenvalue weighted by atomic mass is 35.5. The van der Waals surface area contributed by atoms with E-state index in [4.69, 9.17) is 11.6 Å². The summed E-state index contributed by atoms with van der Waals surface area (Å²) in [6.07, 6.45) is 0. The molecule has 1 amide bonds. The number of carbonyl (C=O) groups is 1. The summed E-state index contributed by atoms with van der Waals surface area (Å²) in [6, 6.07) is 7.91. The number of nitro groups is 1. The van der Waals surface area contributed by atoms with E-state index >= 15 is 0 Å². The number of fused-ring (bicyclic) bond motifs is 1. The van der Waals surface area contributed by atoms with Crippen molar-refractivity contribution in [2.75, 3.05) is 0 Å². The molecule has 23 heavy (non-hydrogen) atoms. The first-order valence-corrected chi connectivity index (χ1v) is 8.63. The predicted molar refractivity (Wildman–Crippen MR) is 91.4 cm³/mol. The summed E-state index contributed by atoms with van der Waals surface area (Å²) in [6.45, 7) is 2.45. The lowest BCUT2D eigenvalue weighted by atomic mass is 10.3. The number of hydrogen-bond donors (Lipinski definition) is 0. The summed E-state index contributed by atoms with van der Waals surface area (Å²) >= 11 is 8.33. The second kappa shape index (κ2) is 6.23. The van der Waals surface area contributed by atoms with Crippen LogP contribution in [0.5, 0.6) is 0 Å². The second-order valence-corrected chi connectivity index (χ2v) is 7.28. The summed E-state index contributed by atoms with van der Waals surface area (Å²) in [5.74, 6) is -0.370. The monoisotopic (exact) mass is 367 g/mol. The minimum absolute atomic E-state index is 0.0143. The maximum absolute atomic E-state index is 12.2. The molecule has 3 rings (SSSR count). The molecule has 2 aromatic heterocycles. The summed E-state index contributed by atoms with van der Waals surface area (Å²) in [4.78, 5) is 27.8. The van der Waals surface area contributed by atoms with Gasteiger partial charge in [0.15, 0.2) is 4.80 Å². The highest BCUT2D eigenvalue weighted by molar-refractivity contribution is 7.18. The zero-order chi connectivity index (χ0) is 16.6. The van der Waals surface area contributed by atoms with Crippen LogP contribution in [0.1, 0.15) is 16.6 Å². The van der Waals surface area contributed by atoms with Gasteiger partial charge >= 0.3 is 0 Å². The molecule has 0 aliphatic carbocycles. The molecule has 0 spiro atoms. The zero-order valence-corrected chi connectivity index (χ0v) is 14.2. The van der Waals surface area contributed by atoms with E-state index in [0.717, 1.165) is 4.70 Å². The van der Waals surface area contributed by atoms with Crippen LogP contribution in [0.25, 0.3) is 10.2 Å². The Kier molecular flexibility index (Phi) is 4.29. The Morgan fingerprint density at radius 1 is 1.35 bits per heavy atom. The lowest BCUT2D eigenvalue weighted by Gasteiger charge is -1.99. The molecule has 0 aliphatic heterocycles. The average Bonchev–Trinajstić information content (AvgIpc) is 3.09. The third-order valence-electron chi connectivity index (χ3n) is 3.17. The summed E-state index contributed by atoms with van der Waals surface area (Å²) in [5.41, 5.74) is 0.711. The SMILES string of the molecule is CCn1c(=NC(=O)c2ccc(Cl)s2)sc2ccc([N+](=O)[O-])cc21. The van der Waals surface area contributed by atoms with Crippen LogP contribution >= 0.6 is 34.3 Å². The van der Waals surface area contributed by atoms with Gasteiger partial charge in [-0.2, -0.15) is 4.99 Å². The molecule has 1 aromatic carbocycles. The van der Waals surface area contributed by atoms with Crippen LogP contribution in [0.15, 0.2) is 35.3 Å². The Labute approximate surface area is 143 Å². The number of thiazole rings is 1. The molecule has 0 N–H and O–H groups in total. The highest BCUT2D eigenvalue weighted by Crippen LogP contribution is 2.24. The third-order valence-corrected chi connectivity index (χ3v) is 5.45. The van der Waals surface area contributed by atoms with Gasteiger partial charge in [0.1, 0.15) is 0 Å². The number of non-ortho nitro benzene ring substituents is 1. The van der Waals surface area contributed by atoms with Crippen molar-refractivity contribution in [3.63, 3.8) is 0 Å². The Balaban J connectivity index is 2.15. The third kappa shape index (κ3) is 3.05. The molecule has 9 heteroatoms. The van der Waals surface area contributed by atoms with Crippen LogP contribution in [0.2, 0.25) is 4.34 Å². The molecule has 0 bridgehead atoms. The number of nitrogens with zero attached hydrogens (tertiary/aromatic N) is 3. The molecule has 6 nitrogen and oxygen atoms in total. The van der Waals surface area contributed by atoms with Crippen LogP contribution in [-0.2, 0) is 6.54 Å².